The van der Waals surface area contributed by atoms with Crippen LogP contribution in [0, 0.1) is 5.92 Å². The first-order valence-electron chi connectivity index (χ1n) is 6.30. The van der Waals surface area contributed by atoms with E-state index in [-0.39, 0.29) is 5.38 Å². The SMILES string of the molecule is COc1cc(Cl)c(C(Cl)C2CCOCC2)cc1OC. The molecule has 0 amide bonds. The third kappa shape index (κ3) is 3.28. The van der Waals surface area contributed by atoms with E-state index >= 15 is 0 Å². The summed E-state index contributed by atoms with van der Waals surface area (Å²) >= 11 is 12.9. The van der Waals surface area contributed by atoms with Crippen molar-refractivity contribution >= 4 is 23.2 Å². The van der Waals surface area contributed by atoms with Crippen LogP contribution in [-0.4, -0.2) is 27.4 Å². The zero-order valence-electron chi connectivity index (χ0n) is 11.1. The summed E-state index contributed by atoms with van der Waals surface area (Å²) in [5, 5.41) is 0.486. The second kappa shape index (κ2) is 6.69. The monoisotopic (exact) mass is 304 g/mol. The molecule has 1 heterocycles. The third-order valence-corrected chi connectivity index (χ3v) is 4.40. The summed E-state index contributed by atoms with van der Waals surface area (Å²) in [6.45, 7) is 1.53. The molecule has 1 aliphatic heterocycles. The fraction of sp³-hybridized carbons (Fsp3) is 0.571. The molecule has 5 heteroatoms. The van der Waals surface area contributed by atoms with Gasteiger partial charge in [-0.05, 0) is 30.4 Å². The minimum Gasteiger partial charge on any atom is -0.493 e. The lowest BCUT2D eigenvalue weighted by molar-refractivity contribution is 0.0650. The highest BCUT2D eigenvalue weighted by molar-refractivity contribution is 6.33. The van der Waals surface area contributed by atoms with Crippen LogP contribution in [-0.2, 0) is 4.74 Å². The Bertz CT molecular complexity index is 431. The van der Waals surface area contributed by atoms with Crippen LogP contribution in [0.25, 0.3) is 0 Å². The lowest BCUT2D eigenvalue weighted by Gasteiger charge is -2.27. The van der Waals surface area contributed by atoms with E-state index in [0.29, 0.717) is 22.4 Å². The topological polar surface area (TPSA) is 27.7 Å². The highest BCUT2D eigenvalue weighted by Gasteiger charge is 2.26. The molecule has 19 heavy (non-hydrogen) atoms. The van der Waals surface area contributed by atoms with Crippen LogP contribution in [0.4, 0.5) is 0 Å². The molecule has 0 saturated carbocycles. The van der Waals surface area contributed by atoms with E-state index in [0.717, 1.165) is 31.6 Å². The van der Waals surface area contributed by atoms with E-state index < -0.39 is 0 Å². The van der Waals surface area contributed by atoms with E-state index in [9.17, 15) is 0 Å². The normalized spacial score (nSPS) is 18.1. The molecule has 0 bridgehead atoms. The van der Waals surface area contributed by atoms with Crippen molar-refractivity contribution in [1.29, 1.82) is 0 Å². The van der Waals surface area contributed by atoms with Gasteiger partial charge in [-0.1, -0.05) is 11.6 Å². The summed E-state index contributed by atoms with van der Waals surface area (Å²) < 4.78 is 15.9. The second-order valence-corrected chi connectivity index (χ2v) is 5.46. The summed E-state index contributed by atoms with van der Waals surface area (Å²) in [5.41, 5.74) is 0.896. The maximum Gasteiger partial charge on any atom is 0.162 e. The minimum absolute atomic E-state index is 0.129. The quantitative estimate of drug-likeness (QED) is 0.785. The Labute approximate surface area is 123 Å². The van der Waals surface area contributed by atoms with Crippen molar-refractivity contribution in [3.8, 4) is 11.5 Å². The molecule has 0 aliphatic carbocycles. The standard InChI is InChI=1S/C14H18Cl2O3/c1-17-12-7-10(11(15)8-13(12)18-2)14(16)9-3-5-19-6-4-9/h7-9,14H,3-6H2,1-2H3. The number of alkyl halides is 1. The number of hydrogen-bond acceptors (Lipinski definition) is 3. The Kier molecular flexibility index (Phi) is 5.20. The highest BCUT2D eigenvalue weighted by Crippen LogP contribution is 2.42. The summed E-state index contributed by atoms with van der Waals surface area (Å²) in [7, 11) is 3.19. The van der Waals surface area contributed by atoms with Crippen LogP contribution in [0.3, 0.4) is 0 Å². The number of halogens is 2. The van der Waals surface area contributed by atoms with E-state index in [1.807, 2.05) is 6.07 Å². The molecule has 1 saturated heterocycles. The van der Waals surface area contributed by atoms with Gasteiger partial charge in [-0.3, -0.25) is 0 Å². The Balaban J connectivity index is 2.27. The summed E-state index contributed by atoms with van der Waals surface area (Å²) in [6, 6.07) is 3.62. The van der Waals surface area contributed by atoms with Gasteiger partial charge in [0.1, 0.15) is 0 Å². The number of benzene rings is 1. The average molecular weight is 305 g/mol. The van der Waals surface area contributed by atoms with Crippen LogP contribution in [0.15, 0.2) is 12.1 Å². The number of methoxy groups -OCH3 is 2. The van der Waals surface area contributed by atoms with Gasteiger partial charge < -0.3 is 14.2 Å². The summed E-state index contributed by atoms with van der Waals surface area (Å²) in [5.74, 6) is 1.65. The lowest BCUT2D eigenvalue weighted by Crippen LogP contribution is -2.19. The number of ether oxygens (including phenoxy) is 3. The van der Waals surface area contributed by atoms with Crippen LogP contribution in [0.2, 0.25) is 5.02 Å². The van der Waals surface area contributed by atoms with Crippen LogP contribution < -0.4 is 9.47 Å². The molecular formula is C14H18Cl2O3. The van der Waals surface area contributed by atoms with Gasteiger partial charge in [-0.25, -0.2) is 0 Å². The van der Waals surface area contributed by atoms with Crippen LogP contribution in [0.5, 0.6) is 11.5 Å². The zero-order chi connectivity index (χ0) is 13.8. The zero-order valence-corrected chi connectivity index (χ0v) is 12.6. The molecule has 106 valence electrons. The molecule has 0 radical (unpaired) electrons. The van der Waals surface area contributed by atoms with E-state index in [2.05, 4.69) is 0 Å². The molecule has 3 nitrogen and oxygen atoms in total. The largest absolute Gasteiger partial charge is 0.493 e. The average Bonchev–Trinajstić information content (AvgIpc) is 2.47. The van der Waals surface area contributed by atoms with Crippen LogP contribution in [0.1, 0.15) is 23.8 Å². The van der Waals surface area contributed by atoms with Gasteiger partial charge in [0.2, 0.25) is 0 Å². The number of rotatable bonds is 4. The first kappa shape index (κ1) is 14.8. The number of hydrogen-bond donors (Lipinski definition) is 0. The van der Waals surface area contributed by atoms with Crippen molar-refractivity contribution in [3.63, 3.8) is 0 Å². The molecule has 1 fully saturated rings. The molecule has 0 aromatic heterocycles. The Hall–Kier alpha value is -0.640. The maximum atomic E-state index is 6.58. The fourth-order valence-corrected chi connectivity index (χ4v) is 3.10. The predicted octanol–water partition coefficient (Wildman–Crippen LogP) is 4.06. The lowest BCUT2D eigenvalue weighted by atomic mass is 9.91. The Morgan fingerprint density at radius 1 is 1.16 bits per heavy atom. The molecule has 1 unspecified atom stereocenters. The second-order valence-electron chi connectivity index (χ2n) is 4.58. The molecule has 2 rings (SSSR count). The highest BCUT2D eigenvalue weighted by atomic mass is 35.5. The van der Waals surface area contributed by atoms with Gasteiger partial charge in [-0.15, -0.1) is 11.6 Å². The Morgan fingerprint density at radius 2 is 1.74 bits per heavy atom. The first-order valence-corrected chi connectivity index (χ1v) is 7.12. The molecule has 1 aromatic rings. The van der Waals surface area contributed by atoms with Crippen molar-refractivity contribution in [2.45, 2.75) is 18.2 Å². The van der Waals surface area contributed by atoms with Gasteiger partial charge in [-0.2, -0.15) is 0 Å². The van der Waals surface area contributed by atoms with E-state index in [1.165, 1.54) is 0 Å². The van der Waals surface area contributed by atoms with Gasteiger partial charge >= 0.3 is 0 Å². The molecule has 0 spiro atoms. The van der Waals surface area contributed by atoms with E-state index in [4.69, 9.17) is 37.4 Å². The van der Waals surface area contributed by atoms with E-state index in [1.54, 1.807) is 20.3 Å². The first-order chi connectivity index (χ1) is 9.17. The molecule has 1 aromatic carbocycles. The fourth-order valence-electron chi connectivity index (χ4n) is 2.34. The molecule has 1 aliphatic rings. The van der Waals surface area contributed by atoms with Gasteiger partial charge in [0.25, 0.3) is 0 Å². The molecular weight excluding hydrogens is 287 g/mol. The summed E-state index contributed by atoms with van der Waals surface area (Å²) in [6.07, 6.45) is 1.91. The predicted molar refractivity (Wildman–Crippen MR) is 76.7 cm³/mol. The third-order valence-electron chi connectivity index (χ3n) is 3.48. The summed E-state index contributed by atoms with van der Waals surface area (Å²) in [4.78, 5) is 0. The smallest absolute Gasteiger partial charge is 0.162 e. The van der Waals surface area contributed by atoms with Gasteiger partial charge in [0.05, 0.1) is 19.6 Å². The van der Waals surface area contributed by atoms with Crippen molar-refractivity contribution in [3.05, 3.63) is 22.7 Å². The van der Waals surface area contributed by atoms with Crippen molar-refractivity contribution < 1.29 is 14.2 Å². The Morgan fingerprint density at radius 3 is 2.32 bits per heavy atom. The van der Waals surface area contributed by atoms with Crippen molar-refractivity contribution in [2.24, 2.45) is 5.92 Å². The molecule has 0 N–H and O–H groups in total. The minimum atomic E-state index is -0.129. The van der Waals surface area contributed by atoms with Crippen molar-refractivity contribution in [2.75, 3.05) is 27.4 Å². The van der Waals surface area contributed by atoms with Gasteiger partial charge in [0, 0.05) is 24.3 Å². The van der Waals surface area contributed by atoms with Gasteiger partial charge in [0.15, 0.2) is 11.5 Å². The van der Waals surface area contributed by atoms with Crippen LogP contribution >= 0.6 is 23.2 Å². The molecule has 1 atom stereocenters. The maximum absolute atomic E-state index is 6.58. The van der Waals surface area contributed by atoms with Crippen molar-refractivity contribution in [1.82, 2.24) is 0 Å².